The minimum absolute atomic E-state index is 0.0515. The Morgan fingerprint density at radius 2 is 1.74 bits per heavy atom. The van der Waals surface area contributed by atoms with E-state index in [1.54, 1.807) is 18.2 Å². The van der Waals surface area contributed by atoms with Gasteiger partial charge < -0.3 is 5.11 Å². The number of aromatic hydroxyl groups is 1. The normalized spacial score (nSPS) is 11.0. The second-order valence-corrected chi connectivity index (χ2v) is 5.97. The molecule has 1 rings (SSSR count). The lowest BCUT2D eigenvalue weighted by Crippen LogP contribution is -2.16. The number of phenolic OH excluding ortho intramolecular Hbond substituents is 1. The number of phenols is 1. The van der Waals surface area contributed by atoms with Crippen LogP contribution in [0.25, 0.3) is 0 Å². The molecule has 0 aromatic heterocycles. The first-order valence-corrected chi connectivity index (χ1v) is 8.83. The van der Waals surface area contributed by atoms with Crippen LogP contribution in [-0.4, -0.2) is 17.2 Å². The highest BCUT2D eigenvalue weighted by atomic mass is 16.3. The molecule has 1 amide bonds. The van der Waals surface area contributed by atoms with E-state index in [0.29, 0.717) is 6.42 Å². The minimum atomic E-state index is -0.0515. The van der Waals surface area contributed by atoms with E-state index in [4.69, 9.17) is 0 Å². The molecule has 0 saturated carbocycles. The summed E-state index contributed by atoms with van der Waals surface area (Å²) < 4.78 is 0. The number of rotatable bonds is 12. The molecule has 128 valence electrons. The number of benzene rings is 1. The van der Waals surface area contributed by atoms with Crippen molar-refractivity contribution in [2.24, 2.45) is 5.10 Å². The number of nitrogens with one attached hydrogen (secondary N) is 1. The number of nitrogens with zero attached hydrogens (tertiary/aromatic N) is 1. The van der Waals surface area contributed by atoms with Crippen LogP contribution in [0.4, 0.5) is 0 Å². The van der Waals surface area contributed by atoms with Crippen molar-refractivity contribution in [1.29, 1.82) is 0 Å². The van der Waals surface area contributed by atoms with Gasteiger partial charge in [-0.25, -0.2) is 5.43 Å². The predicted octanol–water partition coefficient (Wildman–Crippen LogP) is 4.76. The Morgan fingerprint density at radius 3 is 2.39 bits per heavy atom. The molecule has 0 radical (unpaired) electrons. The van der Waals surface area contributed by atoms with Gasteiger partial charge in [0.2, 0.25) is 5.91 Å². The van der Waals surface area contributed by atoms with E-state index in [0.717, 1.165) is 18.4 Å². The maximum Gasteiger partial charge on any atom is 0.240 e. The van der Waals surface area contributed by atoms with Crippen LogP contribution in [0, 0.1) is 0 Å². The number of hydrazone groups is 1. The fraction of sp³-hybridized carbons (Fsp3) is 0.579. The van der Waals surface area contributed by atoms with E-state index in [2.05, 4.69) is 17.5 Å². The third kappa shape index (κ3) is 10.5. The van der Waals surface area contributed by atoms with Crippen LogP contribution in [0.3, 0.4) is 0 Å². The Hall–Kier alpha value is -1.84. The van der Waals surface area contributed by atoms with Gasteiger partial charge >= 0.3 is 0 Å². The van der Waals surface area contributed by atoms with Crippen molar-refractivity contribution in [1.82, 2.24) is 5.43 Å². The van der Waals surface area contributed by atoms with Crippen LogP contribution in [0.1, 0.15) is 76.7 Å². The first kappa shape index (κ1) is 19.2. The molecular weight excluding hydrogens is 288 g/mol. The molecule has 4 nitrogen and oxygen atoms in total. The predicted molar refractivity (Wildman–Crippen MR) is 95.7 cm³/mol. The molecule has 0 aliphatic carbocycles. The van der Waals surface area contributed by atoms with Crippen molar-refractivity contribution >= 4 is 12.1 Å². The van der Waals surface area contributed by atoms with Gasteiger partial charge in [0.05, 0.1) is 6.21 Å². The topological polar surface area (TPSA) is 61.7 Å². The average molecular weight is 318 g/mol. The Morgan fingerprint density at radius 1 is 1.09 bits per heavy atom. The second-order valence-electron chi connectivity index (χ2n) is 5.97. The summed E-state index contributed by atoms with van der Waals surface area (Å²) in [6.45, 7) is 2.23. The summed E-state index contributed by atoms with van der Waals surface area (Å²) in [4.78, 5) is 11.6. The summed E-state index contributed by atoms with van der Waals surface area (Å²) in [7, 11) is 0. The van der Waals surface area contributed by atoms with Crippen LogP contribution in [0.15, 0.2) is 29.4 Å². The van der Waals surface area contributed by atoms with Gasteiger partial charge in [0.1, 0.15) is 5.75 Å². The van der Waals surface area contributed by atoms with Gasteiger partial charge in [0.25, 0.3) is 0 Å². The van der Waals surface area contributed by atoms with Crippen molar-refractivity contribution < 1.29 is 9.90 Å². The summed E-state index contributed by atoms with van der Waals surface area (Å²) in [5, 5.41) is 13.2. The third-order valence-corrected chi connectivity index (χ3v) is 3.78. The highest BCUT2D eigenvalue weighted by Gasteiger charge is 1.99. The van der Waals surface area contributed by atoms with Crippen molar-refractivity contribution in [2.75, 3.05) is 0 Å². The fourth-order valence-corrected chi connectivity index (χ4v) is 2.44. The Balaban J connectivity index is 2.00. The Kier molecular flexibility index (Phi) is 10.6. The first-order chi connectivity index (χ1) is 11.2. The lowest BCUT2D eigenvalue weighted by atomic mass is 10.1. The Labute approximate surface area is 140 Å². The zero-order valence-electron chi connectivity index (χ0n) is 14.3. The van der Waals surface area contributed by atoms with Gasteiger partial charge in [-0.15, -0.1) is 0 Å². The molecule has 0 unspecified atom stereocenters. The lowest BCUT2D eigenvalue weighted by molar-refractivity contribution is -0.121. The van der Waals surface area contributed by atoms with Gasteiger partial charge in [-0.3, -0.25) is 4.79 Å². The van der Waals surface area contributed by atoms with Crippen LogP contribution in [0.2, 0.25) is 0 Å². The van der Waals surface area contributed by atoms with Crippen LogP contribution >= 0.6 is 0 Å². The van der Waals surface area contributed by atoms with Gasteiger partial charge in [0.15, 0.2) is 0 Å². The van der Waals surface area contributed by atoms with Crippen molar-refractivity contribution in [3.8, 4) is 5.75 Å². The summed E-state index contributed by atoms with van der Waals surface area (Å²) in [6, 6.07) is 6.74. The second kappa shape index (κ2) is 12.7. The molecule has 0 saturated heterocycles. The number of hydrogen-bond donors (Lipinski definition) is 2. The number of unbranched alkanes of at least 4 members (excludes halogenated alkanes) is 8. The van der Waals surface area contributed by atoms with E-state index < -0.39 is 0 Å². The molecule has 1 aromatic rings. The van der Waals surface area contributed by atoms with Crippen molar-refractivity contribution in [3.63, 3.8) is 0 Å². The average Bonchev–Trinajstić information content (AvgIpc) is 2.53. The molecule has 23 heavy (non-hydrogen) atoms. The fourth-order valence-electron chi connectivity index (χ4n) is 2.44. The maximum absolute atomic E-state index is 11.6. The quantitative estimate of drug-likeness (QED) is 0.331. The SMILES string of the molecule is CCCCCCCCCCCC(=O)N/N=C/c1cccc(O)c1. The first-order valence-electron chi connectivity index (χ1n) is 8.83. The maximum atomic E-state index is 11.6. The summed E-state index contributed by atoms with van der Waals surface area (Å²) >= 11 is 0. The van der Waals surface area contributed by atoms with E-state index >= 15 is 0 Å². The molecule has 0 aliphatic heterocycles. The van der Waals surface area contributed by atoms with Crippen LogP contribution in [0.5, 0.6) is 5.75 Å². The standard InChI is InChI=1S/C19H30N2O2/c1-2-3-4-5-6-7-8-9-10-14-19(23)21-20-16-17-12-11-13-18(22)15-17/h11-13,15-16,22H,2-10,14H2,1H3,(H,21,23)/b20-16+. The van der Waals surface area contributed by atoms with Crippen LogP contribution < -0.4 is 5.43 Å². The molecule has 0 fully saturated rings. The third-order valence-electron chi connectivity index (χ3n) is 3.78. The smallest absolute Gasteiger partial charge is 0.240 e. The molecule has 0 bridgehead atoms. The molecule has 4 heteroatoms. The highest BCUT2D eigenvalue weighted by molar-refractivity contribution is 5.82. The van der Waals surface area contributed by atoms with Gasteiger partial charge in [-0.2, -0.15) is 5.10 Å². The molecule has 1 aromatic carbocycles. The van der Waals surface area contributed by atoms with Gasteiger partial charge in [-0.1, -0.05) is 70.4 Å². The number of carbonyl (C=O) groups excluding carboxylic acids is 1. The van der Waals surface area contributed by atoms with E-state index in [-0.39, 0.29) is 11.7 Å². The molecule has 0 spiro atoms. The van der Waals surface area contributed by atoms with Gasteiger partial charge in [-0.05, 0) is 24.1 Å². The van der Waals surface area contributed by atoms with E-state index in [1.807, 2.05) is 6.07 Å². The van der Waals surface area contributed by atoms with Gasteiger partial charge in [0, 0.05) is 6.42 Å². The molecule has 0 atom stereocenters. The molecule has 0 heterocycles. The summed E-state index contributed by atoms with van der Waals surface area (Å²) in [6.07, 6.45) is 13.2. The number of amides is 1. The molecule has 0 aliphatic rings. The zero-order chi connectivity index (χ0) is 16.8. The van der Waals surface area contributed by atoms with Crippen molar-refractivity contribution in [2.45, 2.75) is 71.1 Å². The number of carbonyl (C=O) groups is 1. The van der Waals surface area contributed by atoms with E-state index in [1.165, 1.54) is 51.2 Å². The number of hydrogen-bond acceptors (Lipinski definition) is 3. The Bertz CT molecular complexity index is 472. The monoisotopic (exact) mass is 318 g/mol. The summed E-state index contributed by atoms with van der Waals surface area (Å²) in [5.74, 6) is 0.138. The zero-order valence-corrected chi connectivity index (χ0v) is 14.3. The highest BCUT2D eigenvalue weighted by Crippen LogP contribution is 2.10. The van der Waals surface area contributed by atoms with Crippen LogP contribution in [-0.2, 0) is 4.79 Å². The van der Waals surface area contributed by atoms with Crippen molar-refractivity contribution in [3.05, 3.63) is 29.8 Å². The largest absolute Gasteiger partial charge is 0.508 e. The summed E-state index contributed by atoms with van der Waals surface area (Å²) in [5.41, 5.74) is 3.28. The molecular formula is C19H30N2O2. The lowest BCUT2D eigenvalue weighted by Gasteiger charge is -2.02. The molecule has 2 N–H and O–H groups in total. The van der Waals surface area contributed by atoms with E-state index in [9.17, 15) is 9.90 Å². The minimum Gasteiger partial charge on any atom is -0.508 e.